The summed E-state index contributed by atoms with van der Waals surface area (Å²) in [4.78, 5) is 25.3. The smallest absolute Gasteiger partial charge is 0.268 e. The van der Waals surface area contributed by atoms with Gasteiger partial charge in [-0.05, 0) is 42.5 Å². The highest BCUT2D eigenvalue weighted by Gasteiger charge is 2.31. The van der Waals surface area contributed by atoms with E-state index < -0.39 is 6.04 Å². The molecule has 2 aromatic rings. The number of hydrogen-bond acceptors (Lipinski definition) is 3. The molecule has 2 amide bonds. The van der Waals surface area contributed by atoms with Crippen LogP contribution in [0.5, 0.6) is 0 Å². The van der Waals surface area contributed by atoms with Crippen molar-refractivity contribution in [2.75, 3.05) is 7.05 Å². The summed E-state index contributed by atoms with van der Waals surface area (Å²) < 4.78 is 1.77. The van der Waals surface area contributed by atoms with E-state index in [9.17, 15) is 9.59 Å². The van der Waals surface area contributed by atoms with Gasteiger partial charge in [-0.25, -0.2) is 0 Å². The van der Waals surface area contributed by atoms with Crippen LogP contribution >= 0.6 is 0 Å². The van der Waals surface area contributed by atoms with Crippen LogP contribution in [0.1, 0.15) is 48.2 Å². The molecule has 2 N–H and O–H groups in total. The van der Waals surface area contributed by atoms with E-state index in [4.69, 9.17) is 5.26 Å². The van der Waals surface area contributed by atoms with Gasteiger partial charge in [0.1, 0.15) is 11.7 Å². The molecule has 1 saturated carbocycles. The summed E-state index contributed by atoms with van der Waals surface area (Å²) in [5.74, 6) is -0.209. The normalized spacial score (nSPS) is 15.5. The lowest BCUT2D eigenvalue weighted by Crippen LogP contribution is -2.50. The Bertz CT molecular complexity index is 886. The lowest BCUT2D eigenvalue weighted by molar-refractivity contribution is -0.124. The maximum atomic E-state index is 12.9. The second kappa shape index (κ2) is 8.75. The lowest BCUT2D eigenvalue weighted by atomic mass is 9.83. The predicted molar refractivity (Wildman–Crippen MR) is 107 cm³/mol. The van der Waals surface area contributed by atoms with E-state index in [-0.39, 0.29) is 17.7 Å². The fourth-order valence-corrected chi connectivity index (χ4v) is 3.92. The van der Waals surface area contributed by atoms with E-state index in [1.54, 1.807) is 23.7 Å². The summed E-state index contributed by atoms with van der Waals surface area (Å²) >= 11 is 0. The van der Waals surface area contributed by atoms with Gasteiger partial charge in [-0.1, -0.05) is 31.4 Å². The van der Waals surface area contributed by atoms with E-state index in [0.29, 0.717) is 11.3 Å². The molecule has 1 aliphatic carbocycles. The number of likely N-dealkylation sites (N-methyl/N-ethyl adjacent to an activating group) is 1. The van der Waals surface area contributed by atoms with Crippen molar-refractivity contribution in [2.24, 2.45) is 13.0 Å². The standard InChI is InChI=1S/C22H26N4O2/c1-24-22(28)20(17-6-4-3-5-7-17)25-21(27)19-12-18(14-26(19)2)16-10-8-15(13-23)9-11-16/h8-12,14,17,20H,3-7H2,1-2H3,(H,24,28)(H,25,27)/t20-/m0/s1. The number of amides is 2. The van der Waals surface area contributed by atoms with Gasteiger partial charge in [-0.15, -0.1) is 0 Å². The van der Waals surface area contributed by atoms with E-state index in [1.165, 1.54) is 6.42 Å². The van der Waals surface area contributed by atoms with Crippen LogP contribution < -0.4 is 10.6 Å². The van der Waals surface area contributed by atoms with E-state index >= 15 is 0 Å². The molecule has 1 aromatic carbocycles. The second-order valence-corrected chi connectivity index (χ2v) is 7.38. The van der Waals surface area contributed by atoms with E-state index in [2.05, 4.69) is 16.7 Å². The Kier molecular flexibility index (Phi) is 6.15. The SMILES string of the molecule is CNC(=O)[C@@H](NC(=O)c1cc(-c2ccc(C#N)cc2)cn1C)C1CCCCC1. The number of benzene rings is 1. The Morgan fingerprint density at radius 3 is 2.43 bits per heavy atom. The largest absolute Gasteiger partial charge is 0.357 e. The van der Waals surface area contributed by atoms with Gasteiger partial charge in [0, 0.05) is 25.9 Å². The van der Waals surface area contributed by atoms with Crippen molar-refractivity contribution in [1.82, 2.24) is 15.2 Å². The second-order valence-electron chi connectivity index (χ2n) is 7.38. The topological polar surface area (TPSA) is 86.9 Å². The molecule has 0 spiro atoms. The monoisotopic (exact) mass is 378 g/mol. The average Bonchev–Trinajstić information content (AvgIpc) is 3.13. The Hall–Kier alpha value is -3.07. The van der Waals surface area contributed by atoms with E-state index in [1.807, 2.05) is 31.4 Å². The highest BCUT2D eigenvalue weighted by Crippen LogP contribution is 2.27. The van der Waals surface area contributed by atoms with Crippen molar-refractivity contribution in [2.45, 2.75) is 38.1 Å². The molecule has 0 bridgehead atoms. The Labute approximate surface area is 165 Å². The third-order valence-corrected chi connectivity index (χ3v) is 5.52. The molecule has 0 unspecified atom stereocenters. The van der Waals surface area contributed by atoms with Gasteiger partial charge in [-0.3, -0.25) is 9.59 Å². The zero-order valence-electron chi connectivity index (χ0n) is 16.4. The van der Waals surface area contributed by atoms with Gasteiger partial charge in [0.05, 0.1) is 11.6 Å². The van der Waals surface area contributed by atoms with Crippen LogP contribution in [-0.4, -0.2) is 29.5 Å². The van der Waals surface area contributed by atoms with Crippen molar-refractivity contribution in [1.29, 1.82) is 5.26 Å². The summed E-state index contributed by atoms with van der Waals surface area (Å²) in [6, 6.07) is 10.7. The number of nitrogens with zero attached hydrogens (tertiary/aromatic N) is 2. The van der Waals surface area contributed by atoms with Crippen LogP contribution in [0.15, 0.2) is 36.5 Å². The van der Waals surface area contributed by atoms with Crippen molar-refractivity contribution in [3.8, 4) is 17.2 Å². The van der Waals surface area contributed by atoms with Gasteiger partial charge in [0.25, 0.3) is 5.91 Å². The molecule has 3 rings (SSSR count). The Morgan fingerprint density at radius 2 is 1.82 bits per heavy atom. The van der Waals surface area contributed by atoms with Crippen LogP contribution in [-0.2, 0) is 11.8 Å². The fourth-order valence-electron chi connectivity index (χ4n) is 3.92. The van der Waals surface area contributed by atoms with Gasteiger partial charge < -0.3 is 15.2 Å². The number of carbonyl (C=O) groups excluding carboxylic acids is 2. The first-order chi connectivity index (χ1) is 13.5. The van der Waals surface area contributed by atoms with Crippen LogP contribution in [0.25, 0.3) is 11.1 Å². The first-order valence-electron chi connectivity index (χ1n) is 9.73. The third kappa shape index (κ3) is 4.25. The molecule has 6 nitrogen and oxygen atoms in total. The summed E-state index contributed by atoms with van der Waals surface area (Å²) in [6.07, 6.45) is 7.19. The molecule has 1 atom stereocenters. The fraction of sp³-hybridized carbons (Fsp3) is 0.409. The molecule has 146 valence electrons. The maximum absolute atomic E-state index is 12.9. The molecule has 28 heavy (non-hydrogen) atoms. The number of carbonyl (C=O) groups is 2. The molecular formula is C22H26N4O2. The molecule has 1 aliphatic rings. The molecule has 1 aromatic heterocycles. The highest BCUT2D eigenvalue weighted by molar-refractivity contribution is 5.97. The highest BCUT2D eigenvalue weighted by atomic mass is 16.2. The summed E-state index contributed by atoms with van der Waals surface area (Å²) in [5, 5.41) is 14.6. The van der Waals surface area contributed by atoms with Crippen molar-refractivity contribution in [3.05, 3.63) is 47.8 Å². The number of nitriles is 1. The van der Waals surface area contributed by atoms with Crippen molar-refractivity contribution < 1.29 is 9.59 Å². The van der Waals surface area contributed by atoms with Gasteiger partial charge in [0.15, 0.2) is 0 Å². The molecular weight excluding hydrogens is 352 g/mol. The zero-order valence-corrected chi connectivity index (χ0v) is 16.4. The summed E-state index contributed by atoms with van der Waals surface area (Å²) in [7, 11) is 3.42. The third-order valence-electron chi connectivity index (χ3n) is 5.52. The van der Waals surface area contributed by atoms with E-state index in [0.717, 1.165) is 36.8 Å². The van der Waals surface area contributed by atoms with Crippen molar-refractivity contribution in [3.63, 3.8) is 0 Å². The van der Waals surface area contributed by atoms with Crippen LogP contribution in [0.4, 0.5) is 0 Å². The average molecular weight is 378 g/mol. The first kappa shape index (κ1) is 19.7. The quantitative estimate of drug-likeness (QED) is 0.838. The number of aromatic nitrogens is 1. The molecule has 1 heterocycles. The van der Waals surface area contributed by atoms with Crippen LogP contribution in [0.3, 0.4) is 0 Å². The minimum Gasteiger partial charge on any atom is -0.357 e. The minimum atomic E-state index is -0.508. The predicted octanol–water partition coefficient (Wildman–Crippen LogP) is 2.99. The maximum Gasteiger partial charge on any atom is 0.268 e. The van der Waals surface area contributed by atoms with Crippen molar-refractivity contribution >= 4 is 11.8 Å². The molecule has 1 fully saturated rings. The number of aryl methyl sites for hydroxylation is 1. The Morgan fingerprint density at radius 1 is 1.14 bits per heavy atom. The number of hydrogen-bond donors (Lipinski definition) is 2. The minimum absolute atomic E-state index is 0.137. The molecule has 6 heteroatoms. The van der Waals surface area contributed by atoms with Crippen LogP contribution in [0, 0.1) is 17.2 Å². The molecule has 0 radical (unpaired) electrons. The van der Waals surface area contributed by atoms with Crippen LogP contribution in [0.2, 0.25) is 0 Å². The van der Waals surface area contributed by atoms with Gasteiger partial charge >= 0.3 is 0 Å². The molecule has 0 saturated heterocycles. The number of rotatable bonds is 5. The number of nitrogens with one attached hydrogen (secondary N) is 2. The first-order valence-corrected chi connectivity index (χ1v) is 9.73. The lowest BCUT2D eigenvalue weighted by Gasteiger charge is -2.29. The summed E-state index contributed by atoms with van der Waals surface area (Å²) in [5.41, 5.74) is 2.93. The van der Waals surface area contributed by atoms with Gasteiger partial charge in [0.2, 0.25) is 5.91 Å². The molecule has 0 aliphatic heterocycles. The summed E-state index contributed by atoms with van der Waals surface area (Å²) in [6.45, 7) is 0. The van der Waals surface area contributed by atoms with Gasteiger partial charge in [-0.2, -0.15) is 5.26 Å². The zero-order chi connectivity index (χ0) is 20.1. The Balaban J connectivity index is 1.79.